The molecule has 7 heteroatoms. The summed E-state index contributed by atoms with van der Waals surface area (Å²) in [6, 6.07) is 16.0. The van der Waals surface area contributed by atoms with E-state index in [0.29, 0.717) is 29.8 Å². The van der Waals surface area contributed by atoms with Crippen molar-refractivity contribution in [3.63, 3.8) is 0 Å². The van der Waals surface area contributed by atoms with Crippen LogP contribution in [0.25, 0.3) is 11.1 Å². The molecule has 0 fully saturated rings. The first-order valence-electron chi connectivity index (χ1n) is 11.1. The molecule has 1 unspecified atom stereocenters. The molecule has 0 saturated heterocycles. The van der Waals surface area contributed by atoms with E-state index in [2.05, 4.69) is 5.32 Å². The molecule has 3 amide bonds. The molecule has 0 spiro atoms. The minimum Gasteiger partial charge on any atom is -0.398 e. The van der Waals surface area contributed by atoms with E-state index in [0.717, 1.165) is 17.5 Å². The van der Waals surface area contributed by atoms with Crippen molar-refractivity contribution in [2.75, 3.05) is 10.6 Å². The fraction of sp³-hybridized carbons (Fsp3) is 0.269. The highest BCUT2D eigenvalue weighted by Crippen LogP contribution is 2.44. The highest BCUT2D eigenvalue weighted by atomic mass is 32.1. The average Bonchev–Trinajstić information content (AvgIpc) is 3.29. The summed E-state index contributed by atoms with van der Waals surface area (Å²) in [5.41, 5.74) is 9.57. The second-order valence-electron chi connectivity index (χ2n) is 8.28. The lowest BCUT2D eigenvalue weighted by atomic mass is 9.92. The summed E-state index contributed by atoms with van der Waals surface area (Å²) in [5.74, 6) is -1.56. The van der Waals surface area contributed by atoms with Gasteiger partial charge in [-0.15, -0.1) is 11.3 Å². The molecule has 2 heterocycles. The largest absolute Gasteiger partial charge is 0.398 e. The number of thiophene rings is 1. The Morgan fingerprint density at radius 3 is 2.67 bits per heavy atom. The zero-order chi connectivity index (χ0) is 23.5. The third-order valence-corrected chi connectivity index (χ3v) is 6.91. The molecule has 1 aliphatic heterocycles. The number of benzene rings is 2. The number of aryl methyl sites for hydroxylation is 1. The molecule has 3 aromatic rings. The number of fused-ring (bicyclic) bond motifs is 3. The van der Waals surface area contributed by atoms with Crippen LogP contribution in [0, 0.1) is 0 Å². The zero-order valence-electron chi connectivity index (χ0n) is 18.7. The van der Waals surface area contributed by atoms with Crippen LogP contribution in [0.3, 0.4) is 0 Å². The predicted molar refractivity (Wildman–Crippen MR) is 132 cm³/mol. The second kappa shape index (κ2) is 9.58. The molecule has 0 bridgehead atoms. The number of nitrogens with zero attached hydrogens (tertiary/aromatic N) is 1. The fourth-order valence-electron chi connectivity index (χ4n) is 4.26. The highest BCUT2D eigenvalue weighted by Gasteiger charge is 2.37. The molecule has 170 valence electrons. The molecule has 33 heavy (non-hydrogen) atoms. The van der Waals surface area contributed by atoms with Crippen LogP contribution in [0.5, 0.6) is 0 Å². The van der Waals surface area contributed by atoms with Crippen LogP contribution in [-0.2, 0) is 20.8 Å². The normalized spacial score (nSPS) is 15.9. The lowest BCUT2D eigenvalue weighted by Crippen LogP contribution is -2.50. The number of hydrogen-bond acceptors (Lipinski definition) is 5. The van der Waals surface area contributed by atoms with E-state index in [1.807, 2.05) is 41.8 Å². The lowest BCUT2D eigenvalue weighted by molar-refractivity contribution is -0.131. The van der Waals surface area contributed by atoms with Gasteiger partial charge < -0.3 is 11.1 Å². The third kappa shape index (κ3) is 4.54. The van der Waals surface area contributed by atoms with Crippen LogP contribution in [0.4, 0.5) is 11.4 Å². The maximum atomic E-state index is 13.5. The van der Waals surface area contributed by atoms with Crippen LogP contribution in [0.2, 0.25) is 0 Å². The van der Waals surface area contributed by atoms with Gasteiger partial charge in [0.2, 0.25) is 11.8 Å². The summed E-state index contributed by atoms with van der Waals surface area (Å²) >= 11 is 1.66. The molecule has 0 saturated carbocycles. The molecule has 6 nitrogen and oxygen atoms in total. The number of rotatable bonds is 6. The van der Waals surface area contributed by atoms with Gasteiger partial charge in [0, 0.05) is 22.5 Å². The van der Waals surface area contributed by atoms with Crippen molar-refractivity contribution in [3.05, 3.63) is 70.4 Å². The van der Waals surface area contributed by atoms with Crippen molar-refractivity contribution in [2.24, 2.45) is 0 Å². The van der Waals surface area contributed by atoms with Gasteiger partial charge in [0.05, 0.1) is 11.6 Å². The molecule has 4 rings (SSSR count). The SMILES string of the molecule is CC1C(=O)N(C(=O)[C@H](C)NC(=O)CCCc2cccs2)c2cccc(N)c2-c2ccccc21. The monoisotopic (exact) mass is 461 g/mol. The van der Waals surface area contributed by atoms with E-state index >= 15 is 0 Å². The predicted octanol–water partition coefficient (Wildman–Crippen LogP) is 4.50. The third-order valence-electron chi connectivity index (χ3n) is 5.98. The van der Waals surface area contributed by atoms with Crippen molar-refractivity contribution >= 4 is 40.4 Å². The Morgan fingerprint density at radius 2 is 1.91 bits per heavy atom. The maximum absolute atomic E-state index is 13.5. The van der Waals surface area contributed by atoms with Crippen LogP contribution >= 0.6 is 11.3 Å². The standard InChI is InChI=1S/C26H27N3O3S/c1-16-19-10-3-4-11-20(19)24-21(27)12-6-13-22(24)29(25(16)31)26(32)17(2)28-23(30)14-5-8-18-9-7-15-33-18/h3-4,6-7,9-13,15-17H,5,8,14,27H2,1-2H3,(H,28,30)/t16?,17-/m0/s1. The Hall–Kier alpha value is -3.45. The molecule has 2 atom stereocenters. The van der Waals surface area contributed by atoms with Gasteiger partial charge in [0.15, 0.2) is 0 Å². The van der Waals surface area contributed by atoms with Crippen LogP contribution in [0.15, 0.2) is 60.0 Å². The van der Waals surface area contributed by atoms with Crippen molar-refractivity contribution < 1.29 is 14.4 Å². The number of nitrogens with one attached hydrogen (secondary N) is 1. The average molecular weight is 462 g/mol. The van der Waals surface area contributed by atoms with Gasteiger partial charge in [-0.3, -0.25) is 14.4 Å². The molecule has 0 radical (unpaired) electrons. The summed E-state index contributed by atoms with van der Waals surface area (Å²) in [6.45, 7) is 3.40. The molecular formula is C26H27N3O3S. The van der Waals surface area contributed by atoms with Gasteiger partial charge in [-0.05, 0) is 61.4 Å². The fourth-order valence-corrected chi connectivity index (χ4v) is 5.01. The van der Waals surface area contributed by atoms with Gasteiger partial charge in [-0.25, -0.2) is 4.90 Å². The molecule has 1 aromatic heterocycles. The smallest absolute Gasteiger partial charge is 0.256 e. The first-order chi connectivity index (χ1) is 15.9. The van der Waals surface area contributed by atoms with Crippen LogP contribution in [-0.4, -0.2) is 23.8 Å². The summed E-state index contributed by atoms with van der Waals surface area (Å²) in [4.78, 5) is 41.8. The number of imide groups is 1. The molecule has 2 aromatic carbocycles. The lowest BCUT2D eigenvalue weighted by Gasteiger charge is -2.26. The Balaban J connectivity index is 1.56. The molecule has 1 aliphatic rings. The van der Waals surface area contributed by atoms with Crippen molar-refractivity contribution in [3.8, 4) is 11.1 Å². The Morgan fingerprint density at radius 1 is 1.12 bits per heavy atom. The number of carbonyl (C=O) groups is 3. The highest BCUT2D eigenvalue weighted by molar-refractivity contribution is 7.09. The van der Waals surface area contributed by atoms with Gasteiger partial charge in [0.1, 0.15) is 6.04 Å². The van der Waals surface area contributed by atoms with E-state index < -0.39 is 17.9 Å². The number of anilines is 2. The number of hydrogen-bond donors (Lipinski definition) is 2. The van der Waals surface area contributed by atoms with Crippen LogP contribution in [0.1, 0.15) is 43.0 Å². The van der Waals surface area contributed by atoms with Crippen LogP contribution < -0.4 is 16.0 Å². The topological polar surface area (TPSA) is 92.5 Å². The van der Waals surface area contributed by atoms with E-state index in [9.17, 15) is 14.4 Å². The summed E-state index contributed by atoms with van der Waals surface area (Å²) in [5, 5.41) is 4.78. The van der Waals surface area contributed by atoms with Gasteiger partial charge >= 0.3 is 0 Å². The minimum atomic E-state index is -0.856. The van der Waals surface area contributed by atoms with Gasteiger partial charge in [-0.2, -0.15) is 0 Å². The van der Waals surface area contributed by atoms with Gasteiger partial charge in [0.25, 0.3) is 5.91 Å². The number of nitrogens with two attached hydrogens (primary N) is 1. The summed E-state index contributed by atoms with van der Waals surface area (Å²) in [7, 11) is 0. The minimum absolute atomic E-state index is 0.209. The number of carbonyl (C=O) groups excluding carboxylic acids is 3. The Labute approximate surface area is 197 Å². The van der Waals surface area contributed by atoms with E-state index in [1.54, 1.807) is 43.4 Å². The molecule has 0 aliphatic carbocycles. The van der Waals surface area contributed by atoms with Crippen molar-refractivity contribution in [1.82, 2.24) is 5.32 Å². The first-order valence-corrected chi connectivity index (χ1v) is 11.9. The quantitative estimate of drug-likeness (QED) is 0.529. The Kier molecular flexibility index (Phi) is 6.60. The number of amides is 3. The van der Waals surface area contributed by atoms with Crippen molar-refractivity contribution in [1.29, 1.82) is 0 Å². The summed E-state index contributed by atoms with van der Waals surface area (Å²) < 4.78 is 0. The maximum Gasteiger partial charge on any atom is 0.256 e. The van der Waals surface area contributed by atoms with E-state index in [1.165, 1.54) is 9.78 Å². The second-order valence-corrected chi connectivity index (χ2v) is 9.32. The van der Waals surface area contributed by atoms with E-state index in [-0.39, 0.29) is 11.8 Å². The van der Waals surface area contributed by atoms with Crippen molar-refractivity contribution in [2.45, 2.75) is 45.1 Å². The number of nitrogen functional groups attached to an aromatic ring is 1. The summed E-state index contributed by atoms with van der Waals surface area (Å²) in [6.07, 6.45) is 1.83. The van der Waals surface area contributed by atoms with Gasteiger partial charge in [-0.1, -0.05) is 36.4 Å². The Bertz CT molecular complexity index is 1190. The molecule has 3 N–H and O–H groups in total. The first kappa shape index (κ1) is 22.7. The molecular weight excluding hydrogens is 434 g/mol. The zero-order valence-corrected chi connectivity index (χ0v) is 19.5. The van der Waals surface area contributed by atoms with E-state index in [4.69, 9.17) is 5.73 Å².